The highest BCUT2D eigenvalue weighted by atomic mass is 32.4. The Balaban J connectivity index is -0.000000398. The summed E-state index contributed by atoms with van der Waals surface area (Å²) in [5.41, 5.74) is 3.60. The number of hydrogen-bond donors (Lipinski definition) is 1. The molecule has 0 saturated carbocycles. The Labute approximate surface area is 212 Å². The van der Waals surface area contributed by atoms with Gasteiger partial charge in [0.25, 0.3) is 0 Å². The first-order valence-corrected chi connectivity index (χ1v) is 23.2. The molecule has 0 saturated heterocycles. The molecule has 0 radical (unpaired) electrons. The van der Waals surface area contributed by atoms with Crippen LogP contribution in [0.4, 0.5) is 0 Å². The Morgan fingerprint density at radius 1 is 0.750 bits per heavy atom. The normalized spacial score (nSPS) is 15.1. The molecule has 0 rings (SSSR count). The minimum absolute atomic E-state index is 0.0799. The van der Waals surface area contributed by atoms with Crippen LogP contribution in [-0.4, -0.2) is 45.8 Å². The Hall–Kier alpha value is 2.85. The molecular weight excluding hydrogens is 579 g/mol. The van der Waals surface area contributed by atoms with Crippen LogP contribution < -0.4 is 0 Å². The van der Waals surface area contributed by atoms with Gasteiger partial charge in [-0.15, -0.1) is 0 Å². The van der Waals surface area contributed by atoms with E-state index in [1.807, 2.05) is 20.8 Å². The molecule has 0 aromatic heterocycles. The summed E-state index contributed by atoms with van der Waals surface area (Å²) in [6, 6.07) is 0. The van der Waals surface area contributed by atoms with Gasteiger partial charge < -0.3 is 27.7 Å². The van der Waals surface area contributed by atoms with Crippen molar-refractivity contribution < 1.29 is 27.7 Å². The smallest absolute Gasteiger partial charge is 0.0956 e. The van der Waals surface area contributed by atoms with Crippen LogP contribution in [-0.2, 0) is 22.6 Å². The summed E-state index contributed by atoms with van der Waals surface area (Å²) >= 11 is 0. The van der Waals surface area contributed by atoms with Gasteiger partial charge in [0.05, 0.1) is 66.0 Å². The van der Waals surface area contributed by atoms with Crippen molar-refractivity contribution >= 4 is 75.3 Å². The van der Waals surface area contributed by atoms with Gasteiger partial charge in [0.2, 0.25) is 0 Å². The number of rotatable bonds is 14. The molecule has 1 N–H and O–H groups in total. The van der Waals surface area contributed by atoms with Gasteiger partial charge in [0, 0.05) is 14.2 Å². The molecule has 0 aromatic carbocycles. The van der Waals surface area contributed by atoms with Crippen LogP contribution in [0.15, 0.2) is 34.9 Å². The van der Waals surface area contributed by atoms with Gasteiger partial charge in [-0.2, -0.15) is 0 Å². The molecule has 0 fully saturated rings. The Morgan fingerprint density at radius 3 is 1.44 bits per heavy atom. The zero-order valence-corrected chi connectivity index (χ0v) is 29.5. The minimum Gasteiger partial charge on any atom is -0.392 e. The van der Waals surface area contributed by atoms with Crippen LogP contribution in [0.3, 0.4) is 0 Å². The van der Waals surface area contributed by atoms with Gasteiger partial charge in [-0.3, -0.25) is 0 Å². The van der Waals surface area contributed by atoms with Gasteiger partial charge in [-0.05, 0) is 40.2 Å². The lowest BCUT2D eigenvalue weighted by Gasteiger charge is -2.10. The van der Waals surface area contributed by atoms with Gasteiger partial charge in [0.15, 0.2) is 0 Å². The number of allylic oxidation sites excluding steroid dienone is 2. The van der Waals surface area contributed by atoms with Crippen LogP contribution >= 0.6 is 75.3 Å². The van der Waals surface area contributed by atoms with E-state index < -0.39 is 15.1 Å². The second-order valence-corrected chi connectivity index (χ2v) is 24.4. The van der Waals surface area contributed by atoms with E-state index in [4.69, 9.17) is 27.7 Å². The van der Waals surface area contributed by atoms with E-state index in [-0.39, 0.29) is 14.1 Å². The first kappa shape index (κ1) is 39.4. The third kappa shape index (κ3) is 35.0. The van der Waals surface area contributed by atoms with Crippen molar-refractivity contribution in [1.82, 2.24) is 0 Å². The largest absolute Gasteiger partial charge is 0.392 e. The zero-order valence-electron chi connectivity index (χ0n) is 20.2. The second kappa shape index (κ2) is 30.1. The Morgan fingerprint density at radius 2 is 1.12 bits per heavy atom. The van der Waals surface area contributed by atoms with Crippen molar-refractivity contribution in [2.75, 3.05) is 40.6 Å². The molecule has 0 aliphatic heterocycles. The van der Waals surface area contributed by atoms with Crippen molar-refractivity contribution in [1.29, 1.82) is 0 Å². The molecular formula is C17H43O6P9. The molecule has 6 nitrogen and oxygen atoms in total. The molecule has 0 aromatic rings. The summed E-state index contributed by atoms with van der Waals surface area (Å²) in [4.78, 5) is 0. The van der Waals surface area contributed by atoms with E-state index in [9.17, 15) is 0 Å². The molecule has 192 valence electrons. The summed E-state index contributed by atoms with van der Waals surface area (Å²) < 4.78 is 26.1. The highest BCUT2D eigenvalue weighted by molar-refractivity contribution is 8.45. The van der Waals surface area contributed by atoms with E-state index >= 15 is 0 Å². The molecule has 0 spiro atoms. The summed E-state index contributed by atoms with van der Waals surface area (Å²) in [6.07, 6.45) is 5.86. The topological polar surface area (TPSA) is 66.4 Å². The van der Waals surface area contributed by atoms with Gasteiger partial charge >= 0.3 is 0 Å². The standard InChI is InChI=1S/C6H15O3P3.C6H15O2P3.C5H13OP3/c1-6(3-4-7)5-9-12(10)11-8-2;1-4-6(2)5-8-11(9)10-7-3;1-3-5(2)4-6-9(7)8/h3,7,11H,4-5,10H2,1-2H3;4,10H,5,9H2,1-3H3;3H,4,7-8H2,1-2H3/b6-3-;6-4-;5-3-. The fourth-order valence-electron chi connectivity index (χ4n) is 1.13. The van der Waals surface area contributed by atoms with Gasteiger partial charge in [0.1, 0.15) is 0 Å². The monoisotopic (exact) mass is 622 g/mol. The molecule has 8 atom stereocenters. The predicted octanol–water partition coefficient (Wildman–Crippen LogP) is 8.54. The molecule has 0 aliphatic rings. The van der Waals surface area contributed by atoms with Crippen LogP contribution in [0.5, 0.6) is 0 Å². The van der Waals surface area contributed by atoms with Crippen LogP contribution in [0.1, 0.15) is 34.6 Å². The van der Waals surface area contributed by atoms with E-state index in [2.05, 4.69) is 61.7 Å². The quantitative estimate of drug-likeness (QED) is 0.155. The molecule has 15 heteroatoms. The van der Waals surface area contributed by atoms with Crippen molar-refractivity contribution in [3.05, 3.63) is 34.9 Å². The van der Waals surface area contributed by atoms with Gasteiger partial charge in [-0.1, -0.05) is 65.1 Å². The first-order chi connectivity index (χ1) is 15.1. The molecule has 0 heterocycles. The number of hydrogen-bond acceptors (Lipinski definition) is 6. The van der Waals surface area contributed by atoms with Crippen LogP contribution in [0.2, 0.25) is 0 Å². The van der Waals surface area contributed by atoms with E-state index in [1.54, 1.807) is 20.3 Å². The van der Waals surface area contributed by atoms with E-state index in [0.29, 0.717) is 23.6 Å². The molecule has 0 bridgehead atoms. The summed E-state index contributed by atoms with van der Waals surface area (Å²) in [5.74, 6) is 0. The lowest BCUT2D eigenvalue weighted by atomic mass is 10.3. The lowest BCUT2D eigenvalue weighted by molar-refractivity contribution is 0.338. The van der Waals surface area contributed by atoms with Crippen molar-refractivity contribution in [2.45, 2.75) is 34.6 Å². The average molecular weight is 622 g/mol. The number of aliphatic hydroxyl groups is 1. The average Bonchev–Trinajstić information content (AvgIpc) is 2.75. The summed E-state index contributed by atoms with van der Waals surface area (Å²) in [6.45, 7) is 12.2. The molecule has 0 amide bonds. The zero-order chi connectivity index (χ0) is 25.4. The first-order valence-electron chi connectivity index (χ1n) is 9.42. The SMILES string of the molecule is C/C=C(/C)COP(P)P.C/C=C(/C)COP(P)POC.COPP(P)OC/C(C)=C\CO. The van der Waals surface area contributed by atoms with Crippen molar-refractivity contribution in [2.24, 2.45) is 0 Å². The Bertz CT molecular complexity index is 507. The van der Waals surface area contributed by atoms with E-state index in [1.165, 1.54) is 11.1 Å². The van der Waals surface area contributed by atoms with Crippen molar-refractivity contribution in [3.8, 4) is 0 Å². The minimum atomic E-state index is -0.524. The second-order valence-electron chi connectivity index (χ2n) is 5.93. The maximum Gasteiger partial charge on any atom is 0.0956 e. The molecule has 0 aliphatic carbocycles. The fourth-order valence-corrected chi connectivity index (χ4v) is 7.21. The fraction of sp³-hybridized carbons (Fsp3) is 0.647. The summed E-state index contributed by atoms with van der Waals surface area (Å²) in [7, 11) is 13.5. The molecule has 8 unspecified atom stereocenters. The Kier molecular flexibility index (Phi) is 37.0. The van der Waals surface area contributed by atoms with E-state index in [0.717, 1.165) is 18.8 Å². The van der Waals surface area contributed by atoms with Gasteiger partial charge in [-0.25, -0.2) is 0 Å². The van der Waals surface area contributed by atoms with Crippen LogP contribution in [0.25, 0.3) is 0 Å². The molecule has 32 heavy (non-hydrogen) atoms. The number of aliphatic hydroxyl groups excluding tert-OH is 1. The van der Waals surface area contributed by atoms with Crippen molar-refractivity contribution in [3.63, 3.8) is 0 Å². The predicted molar refractivity (Wildman–Crippen MR) is 168 cm³/mol. The lowest BCUT2D eigenvalue weighted by Crippen LogP contribution is -1.89. The third-order valence-corrected chi connectivity index (χ3v) is 11.7. The maximum atomic E-state index is 8.55. The summed E-state index contributed by atoms with van der Waals surface area (Å²) in [5, 5.41) is 8.55. The van der Waals surface area contributed by atoms with Crippen LogP contribution in [0, 0.1) is 0 Å². The highest BCUT2D eigenvalue weighted by Gasteiger charge is 2.01. The highest BCUT2D eigenvalue weighted by Crippen LogP contribution is 2.63. The third-order valence-electron chi connectivity index (χ3n) is 3.09. The maximum absolute atomic E-state index is 8.55.